The third-order valence-corrected chi connectivity index (χ3v) is 6.08. The average molecular weight is 352 g/mol. The molecule has 0 radical (unpaired) electrons. The molecule has 1 saturated heterocycles. The van der Waals surface area contributed by atoms with Gasteiger partial charge in [0, 0.05) is 25.6 Å². The number of aromatic nitrogens is 2. The number of aryl methyl sites for hydroxylation is 1. The maximum Gasteiger partial charge on any atom is 0.224 e. The summed E-state index contributed by atoms with van der Waals surface area (Å²) in [5.74, 6) is 0.394. The normalized spacial score (nSPS) is 23.2. The van der Waals surface area contributed by atoms with Crippen LogP contribution in [0, 0.1) is 5.92 Å². The van der Waals surface area contributed by atoms with E-state index in [0.717, 1.165) is 43.3 Å². The number of carbonyl (C=O) groups excluding carboxylic acids is 1. The molecule has 1 aliphatic heterocycles. The minimum Gasteiger partial charge on any atom is -0.374 e. The fourth-order valence-electron chi connectivity index (χ4n) is 3.96. The van der Waals surface area contributed by atoms with Gasteiger partial charge < -0.3 is 11.1 Å². The Labute approximate surface area is 148 Å². The topological polar surface area (TPSA) is 84.1 Å². The van der Waals surface area contributed by atoms with Crippen molar-refractivity contribution in [3.63, 3.8) is 0 Å². The van der Waals surface area contributed by atoms with Gasteiger partial charge in [0.05, 0.1) is 5.92 Å². The fraction of sp³-hybridized carbons (Fsp3) is 0.824. The zero-order valence-electron chi connectivity index (χ0n) is 14.4. The van der Waals surface area contributed by atoms with E-state index in [0.29, 0.717) is 11.7 Å². The second-order valence-corrected chi connectivity index (χ2v) is 8.15. The summed E-state index contributed by atoms with van der Waals surface area (Å²) in [5.41, 5.74) is 5.57. The third-order valence-electron chi connectivity index (χ3n) is 5.26. The maximum atomic E-state index is 12.5. The summed E-state index contributed by atoms with van der Waals surface area (Å²) in [7, 11) is 0. The molecule has 134 valence electrons. The molecular formula is C17H29N5OS. The Hall–Kier alpha value is -1.21. The number of rotatable bonds is 6. The molecule has 24 heavy (non-hydrogen) atoms. The molecule has 2 aliphatic rings. The molecule has 0 spiro atoms. The standard InChI is InChI=1S/C17H29N5OS/c18-17-21-20-15(24-17)9-4-10-19-16(23)13-6-5-11-22(12-13)14-7-2-1-3-8-14/h13-14H,1-12H2,(H2,18,21)(H,19,23)/t13-/m0/s1. The summed E-state index contributed by atoms with van der Waals surface area (Å²) < 4.78 is 0. The second-order valence-electron chi connectivity index (χ2n) is 7.05. The highest BCUT2D eigenvalue weighted by Crippen LogP contribution is 2.27. The number of likely N-dealkylation sites (tertiary alicyclic amines) is 1. The summed E-state index contributed by atoms with van der Waals surface area (Å²) in [6, 6.07) is 0.720. The van der Waals surface area contributed by atoms with E-state index in [1.165, 1.54) is 50.0 Å². The first kappa shape index (κ1) is 17.6. The lowest BCUT2D eigenvalue weighted by Gasteiger charge is -2.39. The van der Waals surface area contributed by atoms with Crippen LogP contribution >= 0.6 is 11.3 Å². The summed E-state index contributed by atoms with van der Waals surface area (Å²) in [6.07, 6.45) is 10.6. The number of anilines is 1. The van der Waals surface area contributed by atoms with E-state index < -0.39 is 0 Å². The Morgan fingerprint density at radius 3 is 2.79 bits per heavy atom. The van der Waals surface area contributed by atoms with E-state index >= 15 is 0 Å². The average Bonchev–Trinajstić information content (AvgIpc) is 3.05. The van der Waals surface area contributed by atoms with E-state index in [2.05, 4.69) is 20.4 Å². The maximum absolute atomic E-state index is 12.5. The van der Waals surface area contributed by atoms with Gasteiger partial charge in [0.1, 0.15) is 5.01 Å². The number of carbonyl (C=O) groups is 1. The van der Waals surface area contributed by atoms with Gasteiger partial charge in [-0.25, -0.2) is 0 Å². The van der Waals surface area contributed by atoms with E-state index in [1.807, 2.05) is 0 Å². The first-order chi connectivity index (χ1) is 11.7. The molecular weight excluding hydrogens is 322 g/mol. The lowest BCUT2D eigenvalue weighted by molar-refractivity contribution is -0.127. The Bertz CT molecular complexity index is 529. The van der Waals surface area contributed by atoms with E-state index in [-0.39, 0.29) is 11.8 Å². The highest BCUT2D eigenvalue weighted by atomic mass is 32.1. The molecule has 7 heteroatoms. The van der Waals surface area contributed by atoms with E-state index in [1.54, 1.807) is 0 Å². The van der Waals surface area contributed by atoms with Gasteiger partial charge in [-0.3, -0.25) is 9.69 Å². The second kappa shape index (κ2) is 8.76. The van der Waals surface area contributed by atoms with Gasteiger partial charge in [0.25, 0.3) is 0 Å². The lowest BCUT2D eigenvalue weighted by Crippen LogP contribution is -2.47. The largest absolute Gasteiger partial charge is 0.374 e. The Balaban J connectivity index is 1.37. The van der Waals surface area contributed by atoms with Gasteiger partial charge in [0.15, 0.2) is 0 Å². The van der Waals surface area contributed by atoms with Crippen molar-refractivity contribution in [1.29, 1.82) is 0 Å². The predicted molar refractivity (Wildman–Crippen MR) is 96.8 cm³/mol. The minimum atomic E-state index is 0.165. The molecule has 1 saturated carbocycles. The number of piperidine rings is 1. The van der Waals surface area contributed by atoms with Crippen molar-refractivity contribution < 1.29 is 4.79 Å². The van der Waals surface area contributed by atoms with Crippen molar-refractivity contribution in [1.82, 2.24) is 20.4 Å². The lowest BCUT2D eigenvalue weighted by atomic mass is 9.90. The van der Waals surface area contributed by atoms with Crippen LogP contribution in [-0.4, -0.2) is 46.7 Å². The summed E-state index contributed by atoms with van der Waals surface area (Å²) in [6.45, 7) is 2.83. The van der Waals surface area contributed by atoms with Crippen LogP contribution in [0.4, 0.5) is 5.13 Å². The molecule has 3 rings (SSSR count). The Kier molecular flexibility index (Phi) is 6.43. The molecule has 1 aromatic heterocycles. The van der Waals surface area contributed by atoms with Crippen LogP contribution in [0.25, 0.3) is 0 Å². The summed E-state index contributed by atoms with van der Waals surface area (Å²) >= 11 is 1.43. The van der Waals surface area contributed by atoms with Crippen molar-refractivity contribution in [2.75, 3.05) is 25.4 Å². The van der Waals surface area contributed by atoms with E-state index in [9.17, 15) is 4.79 Å². The van der Waals surface area contributed by atoms with Crippen molar-refractivity contribution in [3.05, 3.63) is 5.01 Å². The number of amides is 1. The highest BCUT2D eigenvalue weighted by molar-refractivity contribution is 7.15. The van der Waals surface area contributed by atoms with Crippen LogP contribution in [0.15, 0.2) is 0 Å². The first-order valence-corrected chi connectivity index (χ1v) is 10.1. The van der Waals surface area contributed by atoms with Gasteiger partial charge in [0.2, 0.25) is 11.0 Å². The van der Waals surface area contributed by atoms with Crippen LogP contribution in [-0.2, 0) is 11.2 Å². The quantitative estimate of drug-likeness (QED) is 0.768. The molecule has 2 heterocycles. The van der Waals surface area contributed by atoms with Gasteiger partial charge in [-0.2, -0.15) is 0 Å². The summed E-state index contributed by atoms with van der Waals surface area (Å²) in [4.78, 5) is 15.0. The Morgan fingerprint density at radius 2 is 2.04 bits per heavy atom. The van der Waals surface area contributed by atoms with Crippen molar-refractivity contribution in [2.45, 2.75) is 63.8 Å². The molecule has 2 fully saturated rings. The molecule has 1 aromatic rings. The van der Waals surface area contributed by atoms with Gasteiger partial charge in [-0.15, -0.1) is 10.2 Å². The number of nitrogens with one attached hydrogen (secondary N) is 1. The van der Waals surface area contributed by atoms with Crippen LogP contribution in [0.5, 0.6) is 0 Å². The van der Waals surface area contributed by atoms with Crippen LogP contribution in [0.2, 0.25) is 0 Å². The minimum absolute atomic E-state index is 0.165. The molecule has 1 aliphatic carbocycles. The Morgan fingerprint density at radius 1 is 1.21 bits per heavy atom. The number of nitrogens with two attached hydrogens (primary N) is 1. The number of hydrogen-bond acceptors (Lipinski definition) is 6. The SMILES string of the molecule is Nc1nnc(CCCNC(=O)[C@H]2CCCN(C3CCCCC3)C2)s1. The third kappa shape index (κ3) is 4.89. The van der Waals surface area contributed by atoms with Gasteiger partial charge in [-0.05, 0) is 38.6 Å². The van der Waals surface area contributed by atoms with E-state index in [4.69, 9.17) is 5.73 Å². The van der Waals surface area contributed by atoms with Crippen molar-refractivity contribution in [3.8, 4) is 0 Å². The van der Waals surface area contributed by atoms with Gasteiger partial charge in [-0.1, -0.05) is 30.6 Å². The number of nitrogens with zero attached hydrogens (tertiary/aromatic N) is 3. The fourth-order valence-corrected chi connectivity index (χ4v) is 4.61. The molecule has 1 amide bonds. The molecule has 6 nitrogen and oxygen atoms in total. The van der Waals surface area contributed by atoms with Crippen LogP contribution in [0.3, 0.4) is 0 Å². The molecule has 0 aromatic carbocycles. The zero-order valence-corrected chi connectivity index (χ0v) is 15.2. The summed E-state index contributed by atoms with van der Waals surface area (Å²) in [5, 5.41) is 12.4. The molecule has 3 N–H and O–H groups in total. The predicted octanol–water partition coefficient (Wildman–Crippen LogP) is 2.21. The molecule has 0 bridgehead atoms. The molecule has 1 atom stereocenters. The first-order valence-electron chi connectivity index (χ1n) is 9.32. The van der Waals surface area contributed by atoms with Crippen LogP contribution in [0.1, 0.15) is 56.4 Å². The van der Waals surface area contributed by atoms with Crippen LogP contribution < -0.4 is 11.1 Å². The zero-order chi connectivity index (χ0) is 16.8. The molecule has 0 unspecified atom stereocenters. The monoisotopic (exact) mass is 351 g/mol. The smallest absolute Gasteiger partial charge is 0.224 e. The van der Waals surface area contributed by atoms with Gasteiger partial charge >= 0.3 is 0 Å². The van der Waals surface area contributed by atoms with Crippen molar-refractivity contribution >= 4 is 22.4 Å². The number of hydrogen-bond donors (Lipinski definition) is 2. The van der Waals surface area contributed by atoms with Crippen molar-refractivity contribution in [2.24, 2.45) is 5.92 Å². The number of nitrogen functional groups attached to an aromatic ring is 1. The highest BCUT2D eigenvalue weighted by Gasteiger charge is 2.30.